The number of piperidine rings is 1. The molecular weight excluding hydrogens is 403 g/mol. The largest absolute Gasteiger partial charge is 0.370 e. The minimum Gasteiger partial charge on any atom is -0.370 e. The first kappa shape index (κ1) is 18.2. The molecule has 1 aromatic rings. The molecule has 8 heteroatoms. The van der Waals surface area contributed by atoms with E-state index in [1.54, 1.807) is 22.5 Å². The minimum absolute atomic E-state index is 0. The van der Waals surface area contributed by atoms with Gasteiger partial charge < -0.3 is 11.5 Å². The van der Waals surface area contributed by atoms with Crippen molar-refractivity contribution in [2.45, 2.75) is 30.7 Å². The molecule has 0 aliphatic carbocycles. The van der Waals surface area contributed by atoms with Crippen molar-refractivity contribution in [1.29, 1.82) is 0 Å². The van der Waals surface area contributed by atoms with Crippen LogP contribution in [0.25, 0.3) is 0 Å². The Hall–Kier alpha value is -0.870. The van der Waals surface area contributed by atoms with Gasteiger partial charge in [-0.2, -0.15) is 4.31 Å². The van der Waals surface area contributed by atoms with Gasteiger partial charge in [0.05, 0.1) is 11.4 Å². The quantitative estimate of drug-likeness (QED) is 0.432. The molecule has 1 heterocycles. The molecule has 1 aliphatic heterocycles. The molecule has 2 rings (SSSR count). The van der Waals surface area contributed by atoms with Gasteiger partial charge in [0.25, 0.3) is 0 Å². The third kappa shape index (κ3) is 4.82. The molecule has 0 amide bonds. The molecule has 0 unspecified atom stereocenters. The van der Waals surface area contributed by atoms with Gasteiger partial charge in [0.1, 0.15) is 0 Å². The molecule has 1 fully saturated rings. The predicted molar refractivity (Wildman–Crippen MR) is 94.0 cm³/mol. The van der Waals surface area contributed by atoms with Crippen molar-refractivity contribution in [2.75, 3.05) is 13.1 Å². The van der Waals surface area contributed by atoms with Crippen LogP contribution >= 0.6 is 24.0 Å². The number of hydrogen-bond acceptors (Lipinski definition) is 3. The standard InChI is InChI=1S/C13H20N4O2S.HI/c14-13(15)16-10-11-5-4-6-12(9-11)20(18,19)17-7-2-1-3-8-17;/h4-6,9H,1-3,7-8,10H2,(H4,14,15,16);1H. The van der Waals surface area contributed by atoms with Crippen molar-refractivity contribution in [2.24, 2.45) is 16.5 Å². The van der Waals surface area contributed by atoms with E-state index < -0.39 is 10.0 Å². The molecule has 21 heavy (non-hydrogen) atoms. The number of aliphatic imine (C=N–C) groups is 1. The van der Waals surface area contributed by atoms with Gasteiger partial charge in [-0.25, -0.2) is 13.4 Å². The van der Waals surface area contributed by atoms with E-state index >= 15 is 0 Å². The van der Waals surface area contributed by atoms with Crippen molar-refractivity contribution < 1.29 is 8.42 Å². The Labute approximate surface area is 142 Å². The van der Waals surface area contributed by atoms with E-state index in [9.17, 15) is 8.42 Å². The number of benzene rings is 1. The fraction of sp³-hybridized carbons (Fsp3) is 0.462. The van der Waals surface area contributed by atoms with Gasteiger partial charge in [-0.05, 0) is 30.5 Å². The zero-order valence-electron chi connectivity index (χ0n) is 11.7. The van der Waals surface area contributed by atoms with Crippen LogP contribution in [0.2, 0.25) is 0 Å². The van der Waals surface area contributed by atoms with Crippen LogP contribution in [0.3, 0.4) is 0 Å². The third-order valence-electron chi connectivity index (χ3n) is 3.30. The van der Waals surface area contributed by atoms with Gasteiger partial charge in [0, 0.05) is 13.1 Å². The molecular formula is C13H21IN4O2S. The highest BCUT2D eigenvalue weighted by molar-refractivity contribution is 14.0. The first-order valence-corrected chi connectivity index (χ1v) is 8.08. The van der Waals surface area contributed by atoms with E-state index in [2.05, 4.69) is 4.99 Å². The van der Waals surface area contributed by atoms with Crippen LogP contribution in [-0.2, 0) is 16.6 Å². The van der Waals surface area contributed by atoms with E-state index in [1.807, 2.05) is 6.07 Å². The summed E-state index contributed by atoms with van der Waals surface area (Å²) in [5.74, 6) is -0.00529. The van der Waals surface area contributed by atoms with Crippen molar-refractivity contribution >= 4 is 40.0 Å². The smallest absolute Gasteiger partial charge is 0.243 e. The maximum absolute atomic E-state index is 12.5. The Morgan fingerprint density at radius 1 is 1.19 bits per heavy atom. The second kappa shape index (κ2) is 7.95. The molecule has 1 aliphatic rings. The Balaban J connectivity index is 0.00000220. The average molecular weight is 424 g/mol. The fourth-order valence-electron chi connectivity index (χ4n) is 2.24. The second-order valence-corrected chi connectivity index (χ2v) is 6.79. The highest BCUT2D eigenvalue weighted by Gasteiger charge is 2.25. The van der Waals surface area contributed by atoms with E-state index in [0.717, 1.165) is 24.8 Å². The lowest BCUT2D eigenvalue weighted by molar-refractivity contribution is 0.346. The molecule has 1 saturated heterocycles. The average Bonchev–Trinajstić information content (AvgIpc) is 2.46. The number of hydrogen-bond donors (Lipinski definition) is 2. The maximum atomic E-state index is 12.5. The van der Waals surface area contributed by atoms with Crippen LogP contribution in [0.1, 0.15) is 24.8 Å². The molecule has 0 atom stereocenters. The summed E-state index contributed by atoms with van der Waals surface area (Å²) >= 11 is 0. The summed E-state index contributed by atoms with van der Waals surface area (Å²) in [6, 6.07) is 6.77. The Morgan fingerprint density at radius 3 is 2.48 bits per heavy atom. The SMILES string of the molecule is I.NC(N)=NCc1cccc(S(=O)(=O)N2CCCCC2)c1. The van der Waals surface area contributed by atoms with Gasteiger partial charge in [-0.1, -0.05) is 18.6 Å². The minimum atomic E-state index is -3.40. The molecule has 118 valence electrons. The molecule has 0 radical (unpaired) electrons. The van der Waals surface area contributed by atoms with Crippen molar-refractivity contribution in [3.63, 3.8) is 0 Å². The molecule has 0 bridgehead atoms. The summed E-state index contributed by atoms with van der Waals surface area (Å²) in [6.45, 7) is 1.48. The third-order valence-corrected chi connectivity index (χ3v) is 5.19. The van der Waals surface area contributed by atoms with Gasteiger partial charge in [-0.3, -0.25) is 0 Å². The van der Waals surface area contributed by atoms with Crippen LogP contribution in [-0.4, -0.2) is 31.8 Å². The van der Waals surface area contributed by atoms with E-state index in [1.165, 1.54) is 0 Å². The number of sulfonamides is 1. The summed E-state index contributed by atoms with van der Waals surface area (Å²) in [6.07, 6.45) is 2.94. The second-order valence-electron chi connectivity index (χ2n) is 4.85. The molecule has 6 nitrogen and oxygen atoms in total. The first-order valence-electron chi connectivity index (χ1n) is 6.64. The van der Waals surface area contributed by atoms with Crippen LogP contribution in [0.4, 0.5) is 0 Å². The van der Waals surface area contributed by atoms with Crippen molar-refractivity contribution in [1.82, 2.24) is 4.31 Å². The Bertz CT molecular complexity index is 594. The van der Waals surface area contributed by atoms with Gasteiger partial charge in [0.2, 0.25) is 10.0 Å². The summed E-state index contributed by atoms with van der Waals surface area (Å²) in [4.78, 5) is 4.20. The summed E-state index contributed by atoms with van der Waals surface area (Å²) in [5, 5.41) is 0. The maximum Gasteiger partial charge on any atom is 0.243 e. The number of rotatable bonds is 4. The summed E-state index contributed by atoms with van der Waals surface area (Å²) in [7, 11) is -3.40. The van der Waals surface area contributed by atoms with Crippen molar-refractivity contribution in [3.8, 4) is 0 Å². The summed E-state index contributed by atoms with van der Waals surface area (Å²) < 4.78 is 26.6. The van der Waals surface area contributed by atoms with Crippen LogP contribution in [0.5, 0.6) is 0 Å². The fourth-order valence-corrected chi connectivity index (χ4v) is 3.83. The van der Waals surface area contributed by atoms with E-state index in [4.69, 9.17) is 11.5 Å². The first-order chi connectivity index (χ1) is 9.50. The highest BCUT2D eigenvalue weighted by atomic mass is 127. The lowest BCUT2D eigenvalue weighted by atomic mass is 10.2. The number of nitrogens with two attached hydrogens (primary N) is 2. The summed E-state index contributed by atoms with van der Waals surface area (Å²) in [5.41, 5.74) is 11.3. The van der Waals surface area contributed by atoms with Gasteiger partial charge >= 0.3 is 0 Å². The normalized spacial score (nSPS) is 16.0. The van der Waals surface area contributed by atoms with E-state index in [0.29, 0.717) is 18.0 Å². The lowest BCUT2D eigenvalue weighted by Crippen LogP contribution is -2.35. The van der Waals surface area contributed by atoms with Gasteiger partial charge in [0.15, 0.2) is 5.96 Å². The lowest BCUT2D eigenvalue weighted by Gasteiger charge is -2.26. The number of nitrogens with zero attached hydrogens (tertiary/aromatic N) is 2. The topological polar surface area (TPSA) is 102 Å². The number of guanidine groups is 1. The Morgan fingerprint density at radius 2 is 1.86 bits per heavy atom. The zero-order valence-corrected chi connectivity index (χ0v) is 14.9. The predicted octanol–water partition coefficient (Wildman–Crippen LogP) is 1.25. The van der Waals surface area contributed by atoms with Crippen LogP contribution < -0.4 is 11.5 Å². The molecule has 0 aromatic heterocycles. The highest BCUT2D eigenvalue weighted by Crippen LogP contribution is 2.21. The number of halogens is 1. The van der Waals surface area contributed by atoms with Crippen molar-refractivity contribution in [3.05, 3.63) is 29.8 Å². The van der Waals surface area contributed by atoms with E-state index in [-0.39, 0.29) is 36.5 Å². The monoisotopic (exact) mass is 424 g/mol. The zero-order chi connectivity index (χ0) is 14.6. The van der Waals surface area contributed by atoms with Crippen LogP contribution in [0.15, 0.2) is 34.2 Å². The Kier molecular flexibility index (Phi) is 6.88. The molecule has 0 spiro atoms. The molecule has 0 saturated carbocycles. The molecule has 1 aromatic carbocycles. The van der Waals surface area contributed by atoms with Gasteiger partial charge in [-0.15, -0.1) is 24.0 Å². The molecule has 4 N–H and O–H groups in total. The van der Waals surface area contributed by atoms with Crippen LogP contribution in [0, 0.1) is 0 Å².